The average Bonchev–Trinajstić information content (AvgIpc) is 3.22. The van der Waals surface area contributed by atoms with Crippen molar-refractivity contribution in [3.05, 3.63) is 89.6 Å². The van der Waals surface area contributed by atoms with E-state index < -0.39 is 17.6 Å². The zero-order valence-electron chi connectivity index (χ0n) is 20.5. The molecule has 35 heavy (non-hydrogen) atoms. The van der Waals surface area contributed by atoms with E-state index in [0.717, 1.165) is 22.2 Å². The molecule has 0 aliphatic heterocycles. The lowest BCUT2D eigenvalue weighted by atomic mass is 9.93. The summed E-state index contributed by atoms with van der Waals surface area (Å²) in [5, 5.41) is 8.28. The quantitative estimate of drug-likeness (QED) is 0.355. The van der Waals surface area contributed by atoms with Gasteiger partial charge in [0.1, 0.15) is 23.5 Å². The maximum atomic E-state index is 14.2. The minimum Gasteiger partial charge on any atom is -0.484 e. The molecule has 4 rings (SSSR count). The van der Waals surface area contributed by atoms with Crippen LogP contribution in [0.25, 0.3) is 16.6 Å². The molecule has 0 fully saturated rings. The first kappa shape index (κ1) is 24.4. The molecule has 3 aromatic carbocycles. The van der Waals surface area contributed by atoms with Crippen molar-refractivity contribution < 1.29 is 18.3 Å². The van der Waals surface area contributed by atoms with E-state index in [1.165, 1.54) is 24.3 Å². The Morgan fingerprint density at radius 2 is 1.69 bits per heavy atom. The van der Waals surface area contributed by atoms with Gasteiger partial charge < -0.3 is 10.1 Å². The van der Waals surface area contributed by atoms with Crippen molar-refractivity contribution in [1.82, 2.24) is 15.1 Å². The van der Waals surface area contributed by atoms with Gasteiger partial charge in [0, 0.05) is 16.4 Å². The van der Waals surface area contributed by atoms with Crippen LogP contribution in [0.1, 0.15) is 44.9 Å². The summed E-state index contributed by atoms with van der Waals surface area (Å²) in [4.78, 5) is 12.7. The van der Waals surface area contributed by atoms with E-state index >= 15 is 0 Å². The van der Waals surface area contributed by atoms with Crippen molar-refractivity contribution >= 4 is 16.8 Å². The highest BCUT2D eigenvalue weighted by molar-refractivity contribution is 5.82. The Morgan fingerprint density at radius 1 is 1.00 bits per heavy atom. The van der Waals surface area contributed by atoms with Gasteiger partial charge in [-0.05, 0) is 74.0 Å². The Hall–Kier alpha value is -3.74. The van der Waals surface area contributed by atoms with Crippen molar-refractivity contribution in [3.8, 4) is 11.4 Å². The maximum absolute atomic E-state index is 14.2. The van der Waals surface area contributed by atoms with Crippen LogP contribution in [0.2, 0.25) is 0 Å². The molecular formula is C28H29F2N3O2. The highest BCUT2D eigenvalue weighted by Crippen LogP contribution is 2.31. The van der Waals surface area contributed by atoms with E-state index in [4.69, 9.17) is 4.74 Å². The van der Waals surface area contributed by atoms with Crippen LogP contribution >= 0.6 is 0 Å². The van der Waals surface area contributed by atoms with Crippen LogP contribution in [0, 0.1) is 24.0 Å². The molecule has 2 unspecified atom stereocenters. The summed E-state index contributed by atoms with van der Waals surface area (Å²) in [5.41, 5.74) is 2.51. The molecule has 0 aliphatic rings. The van der Waals surface area contributed by atoms with E-state index in [2.05, 4.69) is 10.4 Å². The largest absolute Gasteiger partial charge is 0.484 e. The summed E-state index contributed by atoms with van der Waals surface area (Å²) >= 11 is 0. The molecule has 0 spiro atoms. The molecule has 1 N–H and O–H groups in total. The van der Waals surface area contributed by atoms with Crippen LogP contribution in [0.3, 0.4) is 0 Å². The summed E-state index contributed by atoms with van der Waals surface area (Å²) in [7, 11) is 0. The van der Waals surface area contributed by atoms with Gasteiger partial charge in [-0.2, -0.15) is 5.10 Å². The minimum atomic E-state index is -0.624. The summed E-state index contributed by atoms with van der Waals surface area (Å²) in [5.74, 6) is -0.248. The van der Waals surface area contributed by atoms with Gasteiger partial charge in [-0.25, -0.2) is 13.5 Å². The summed E-state index contributed by atoms with van der Waals surface area (Å²) in [6, 6.07) is 15.8. The van der Waals surface area contributed by atoms with Crippen molar-refractivity contribution in [2.24, 2.45) is 5.41 Å². The lowest BCUT2D eigenvalue weighted by Crippen LogP contribution is -2.44. The van der Waals surface area contributed by atoms with Gasteiger partial charge in [0.15, 0.2) is 0 Å². The van der Waals surface area contributed by atoms with E-state index in [0.29, 0.717) is 11.3 Å². The number of benzene rings is 3. The molecule has 0 aliphatic carbocycles. The maximum Gasteiger partial charge on any atom is 0.225 e. The summed E-state index contributed by atoms with van der Waals surface area (Å²) in [6.45, 7) is 9.25. The molecule has 0 saturated carbocycles. The van der Waals surface area contributed by atoms with E-state index in [1.54, 1.807) is 29.1 Å². The van der Waals surface area contributed by atoms with Crippen LogP contribution < -0.4 is 10.1 Å². The van der Waals surface area contributed by atoms with E-state index in [-0.39, 0.29) is 17.5 Å². The molecule has 5 nitrogen and oxygen atoms in total. The lowest BCUT2D eigenvalue weighted by Gasteiger charge is -2.30. The molecule has 182 valence electrons. The monoisotopic (exact) mass is 477 g/mol. The number of halogens is 2. The number of hydrogen-bond donors (Lipinski definition) is 1. The fraction of sp³-hybridized carbons (Fsp3) is 0.286. The number of ether oxygens (including phenoxy) is 1. The van der Waals surface area contributed by atoms with Gasteiger partial charge >= 0.3 is 0 Å². The summed E-state index contributed by atoms with van der Waals surface area (Å²) < 4.78 is 35.6. The smallest absolute Gasteiger partial charge is 0.225 e. The zero-order chi connectivity index (χ0) is 25.3. The van der Waals surface area contributed by atoms with Crippen LogP contribution in [0.15, 0.2) is 66.9 Å². The molecule has 7 heteroatoms. The highest BCUT2D eigenvalue weighted by atomic mass is 19.1. The third-order valence-electron chi connectivity index (χ3n) is 5.92. The molecule has 0 radical (unpaired) electrons. The number of fused-ring (bicyclic) bond motifs is 1. The van der Waals surface area contributed by atoms with Crippen molar-refractivity contribution in [2.75, 3.05) is 0 Å². The summed E-state index contributed by atoms with van der Waals surface area (Å²) in [6.07, 6.45) is 1.08. The Morgan fingerprint density at radius 3 is 2.37 bits per heavy atom. The topological polar surface area (TPSA) is 56.1 Å². The number of carbonyl (C=O) groups is 1. The van der Waals surface area contributed by atoms with Crippen LogP contribution in [0.4, 0.5) is 8.78 Å². The molecule has 1 heterocycles. The first-order valence-electron chi connectivity index (χ1n) is 11.5. The number of hydrogen-bond acceptors (Lipinski definition) is 3. The predicted octanol–water partition coefficient (Wildman–Crippen LogP) is 6.28. The van der Waals surface area contributed by atoms with Crippen LogP contribution in [-0.4, -0.2) is 21.7 Å². The van der Waals surface area contributed by atoms with Gasteiger partial charge in [-0.15, -0.1) is 0 Å². The number of nitrogens with one attached hydrogen (secondary N) is 1. The molecular weight excluding hydrogens is 448 g/mol. The third-order valence-corrected chi connectivity index (χ3v) is 5.92. The molecule has 2 atom stereocenters. The van der Waals surface area contributed by atoms with Gasteiger partial charge in [0.05, 0.1) is 23.4 Å². The van der Waals surface area contributed by atoms with Gasteiger partial charge in [-0.3, -0.25) is 4.79 Å². The lowest BCUT2D eigenvalue weighted by molar-refractivity contribution is -0.129. The number of aromatic nitrogens is 2. The normalized spacial score (nSPS) is 13.5. The molecule has 1 aromatic heterocycles. The number of aryl methyl sites for hydroxylation is 1. The zero-order valence-corrected chi connectivity index (χ0v) is 20.5. The predicted molar refractivity (Wildman–Crippen MR) is 133 cm³/mol. The second-order valence-electron chi connectivity index (χ2n) is 9.80. The minimum absolute atomic E-state index is 0.122. The second kappa shape index (κ2) is 9.49. The first-order valence-corrected chi connectivity index (χ1v) is 11.5. The fourth-order valence-corrected chi connectivity index (χ4v) is 3.87. The van der Waals surface area contributed by atoms with Crippen LogP contribution in [-0.2, 0) is 4.79 Å². The van der Waals surface area contributed by atoms with Gasteiger partial charge in [0.2, 0.25) is 5.91 Å². The number of rotatable bonds is 6. The van der Waals surface area contributed by atoms with Crippen molar-refractivity contribution in [3.63, 3.8) is 0 Å². The van der Waals surface area contributed by atoms with E-state index in [1.807, 2.05) is 52.8 Å². The number of amides is 1. The SMILES string of the molecule is Cc1ccc(F)cc1C(Oc1ccc2c(cnn2-c2ccc(F)cc2)c1)C(C)NC(=O)C(C)(C)C. The number of nitrogens with zero attached hydrogens (tertiary/aromatic N) is 2. The highest BCUT2D eigenvalue weighted by Gasteiger charge is 2.29. The molecule has 4 aromatic rings. The Balaban J connectivity index is 1.68. The molecule has 0 bridgehead atoms. The van der Waals surface area contributed by atoms with E-state index in [9.17, 15) is 13.6 Å². The first-order chi connectivity index (χ1) is 16.5. The second-order valence-corrected chi connectivity index (χ2v) is 9.80. The standard InChI is InChI=1S/C28H29F2N3O2/c1-17-6-7-21(30)15-24(17)26(18(2)32-27(34)28(3,4)5)35-23-12-13-25-19(14-23)16-31-33(25)22-10-8-20(29)9-11-22/h6-16,18,26H,1-5H3,(H,32,34). The Labute approximate surface area is 203 Å². The Kier molecular flexibility index (Phi) is 6.61. The average molecular weight is 478 g/mol. The van der Waals surface area contributed by atoms with Crippen molar-refractivity contribution in [1.29, 1.82) is 0 Å². The van der Waals surface area contributed by atoms with Crippen molar-refractivity contribution in [2.45, 2.75) is 46.8 Å². The number of carbonyl (C=O) groups excluding carboxylic acids is 1. The third kappa shape index (κ3) is 5.34. The Bertz CT molecular complexity index is 1360. The van der Waals surface area contributed by atoms with Gasteiger partial charge in [-0.1, -0.05) is 26.8 Å². The molecule has 0 saturated heterocycles. The van der Waals surface area contributed by atoms with Crippen LogP contribution in [0.5, 0.6) is 5.75 Å². The van der Waals surface area contributed by atoms with Gasteiger partial charge in [0.25, 0.3) is 0 Å². The fourth-order valence-electron chi connectivity index (χ4n) is 3.87. The molecule has 1 amide bonds.